The molecule has 0 spiro atoms. The maximum Gasteiger partial charge on any atom is 0.306 e. The van der Waals surface area contributed by atoms with E-state index in [1.165, 1.54) is 5.56 Å². The fraction of sp³-hybridized carbons (Fsp3) is 0.500. The van der Waals surface area contributed by atoms with Crippen molar-refractivity contribution in [2.24, 2.45) is 5.92 Å². The molecule has 1 aromatic rings. The van der Waals surface area contributed by atoms with E-state index >= 15 is 0 Å². The Labute approximate surface area is 94.9 Å². The van der Waals surface area contributed by atoms with Crippen molar-refractivity contribution in [2.45, 2.75) is 25.4 Å². The van der Waals surface area contributed by atoms with Gasteiger partial charge in [0.05, 0.1) is 5.92 Å². The number of aromatic nitrogens is 1. The van der Waals surface area contributed by atoms with Gasteiger partial charge < -0.3 is 5.11 Å². The molecule has 1 fully saturated rings. The van der Waals surface area contributed by atoms with Crippen molar-refractivity contribution in [3.8, 4) is 0 Å². The maximum absolute atomic E-state index is 10.7. The van der Waals surface area contributed by atoms with E-state index in [-0.39, 0.29) is 5.92 Å². The van der Waals surface area contributed by atoms with E-state index in [9.17, 15) is 4.79 Å². The molecule has 0 bridgehead atoms. The molecule has 1 aliphatic carbocycles. The van der Waals surface area contributed by atoms with Gasteiger partial charge in [-0.1, -0.05) is 0 Å². The minimum atomic E-state index is -0.659. The van der Waals surface area contributed by atoms with E-state index in [0.717, 1.165) is 19.4 Å². The van der Waals surface area contributed by atoms with Crippen LogP contribution in [0.15, 0.2) is 24.5 Å². The fourth-order valence-corrected chi connectivity index (χ4v) is 2.05. The lowest BCUT2D eigenvalue weighted by Crippen LogP contribution is -2.44. The summed E-state index contributed by atoms with van der Waals surface area (Å²) in [4.78, 5) is 16.9. The zero-order valence-corrected chi connectivity index (χ0v) is 9.34. The van der Waals surface area contributed by atoms with Crippen molar-refractivity contribution in [1.82, 2.24) is 9.88 Å². The lowest BCUT2D eigenvalue weighted by molar-refractivity contribution is -0.146. The van der Waals surface area contributed by atoms with Gasteiger partial charge in [0, 0.05) is 25.0 Å². The molecule has 86 valence electrons. The number of hydrogen-bond donors (Lipinski definition) is 1. The summed E-state index contributed by atoms with van der Waals surface area (Å²) in [5.41, 5.74) is 1.22. The molecule has 0 unspecified atom stereocenters. The first kappa shape index (κ1) is 11.1. The fourth-order valence-electron chi connectivity index (χ4n) is 2.05. The molecule has 1 aliphatic rings. The van der Waals surface area contributed by atoms with Crippen LogP contribution in [0, 0.1) is 5.92 Å². The number of carboxylic acids is 1. The molecule has 16 heavy (non-hydrogen) atoms. The molecule has 0 saturated heterocycles. The van der Waals surface area contributed by atoms with Crippen LogP contribution in [0.3, 0.4) is 0 Å². The average Bonchev–Trinajstić information content (AvgIpc) is 2.15. The lowest BCUT2D eigenvalue weighted by atomic mass is 9.79. The Morgan fingerprint density at radius 2 is 2.12 bits per heavy atom. The number of nitrogens with zero attached hydrogens (tertiary/aromatic N) is 2. The molecule has 0 aliphatic heterocycles. The van der Waals surface area contributed by atoms with E-state index in [2.05, 4.69) is 9.88 Å². The van der Waals surface area contributed by atoms with Gasteiger partial charge in [0.1, 0.15) is 0 Å². The number of aliphatic carboxylic acids is 1. The molecule has 1 N–H and O–H groups in total. The molecule has 2 rings (SSSR count). The topological polar surface area (TPSA) is 53.4 Å². The molecule has 4 nitrogen and oxygen atoms in total. The van der Waals surface area contributed by atoms with Crippen LogP contribution in [0.5, 0.6) is 0 Å². The predicted octanol–water partition coefficient (Wildman–Crippen LogP) is 1.38. The van der Waals surface area contributed by atoms with Gasteiger partial charge in [0.15, 0.2) is 0 Å². The lowest BCUT2D eigenvalue weighted by Gasteiger charge is -2.39. The van der Waals surface area contributed by atoms with Crippen molar-refractivity contribution < 1.29 is 9.90 Å². The van der Waals surface area contributed by atoms with E-state index in [1.807, 2.05) is 19.2 Å². The summed E-state index contributed by atoms with van der Waals surface area (Å²) in [7, 11) is 2.04. The minimum absolute atomic E-state index is 0.134. The normalized spacial score (nSPS) is 24.1. The highest BCUT2D eigenvalue weighted by molar-refractivity contribution is 5.71. The van der Waals surface area contributed by atoms with Gasteiger partial charge in [0.25, 0.3) is 0 Å². The Morgan fingerprint density at radius 3 is 2.69 bits per heavy atom. The smallest absolute Gasteiger partial charge is 0.306 e. The third kappa shape index (κ3) is 2.39. The third-order valence-electron chi connectivity index (χ3n) is 3.27. The first-order valence-electron chi connectivity index (χ1n) is 5.49. The van der Waals surface area contributed by atoms with Crippen LogP contribution in [-0.4, -0.2) is 34.0 Å². The van der Waals surface area contributed by atoms with Gasteiger partial charge in [-0.3, -0.25) is 14.7 Å². The van der Waals surface area contributed by atoms with Gasteiger partial charge >= 0.3 is 5.97 Å². The van der Waals surface area contributed by atoms with Crippen LogP contribution in [0.2, 0.25) is 0 Å². The van der Waals surface area contributed by atoms with Crippen LogP contribution in [0.1, 0.15) is 18.4 Å². The van der Waals surface area contributed by atoms with E-state index < -0.39 is 5.97 Å². The SMILES string of the molecule is CN(Cc1ccncc1)C1CC(C(=O)O)C1. The Kier molecular flexibility index (Phi) is 3.19. The van der Waals surface area contributed by atoms with E-state index in [1.54, 1.807) is 12.4 Å². The van der Waals surface area contributed by atoms with Crippen LogP contribution in [0.4, 0.5) is 0 Å². The van der Waals surface area contributed by atoms with Gasteiger partial charge in [-0.15, -0.1) is 0 Å². The Balaban J connectivity index is 1.82. The van der Waals surface area contributed by atoms with Crippen LogP contribution in [-0.2, 0) is 11.3 Å². The first-order chi connectivity index (χ1) is 7.66. The molecule has 0 amide bonds. The number of carboxylic acid groups (broad SMARTS) is 1. The van der Waals surface area contributed by atoms with E-state index in [4.69, 9.17) is 5.11 Å². The zero-order chi connectivity index (χ0) is 11.5. The second-order valence-electron chi connectivity index (χ2n) is 4.43. The number of carbonyl (C=O) groups is 1. The largest absolute Gasteiger partial charge is 0.481 e. The summed E-state index contributed by atoms with van der Waals surface area (Å²) >= 11 is 0. The number of hydrogen-bond acceptors (Lipinski definition) is 3. The van der Waals surface area contributed by atoms with Gasteiger partial charge in [-0.05, 0) is 37.6 Å². The molecule has 1 heterocycles. The molecular formula is C12H16N2O2. The highest BCUT2D eigenvalue weighted by Gasteiger charge is 2.36. The van der Waals surface area contributed by atoms with Crippen molar-refractivity contribution >= 4 is 5.97 Å². The monoisotopic (exact) mass is 220 g/mol. The highest BCUT2D eigenvalue weighted by Crippen LogP contribution is 2.31. The molecular weight excluding hydrogens is 204 g/mol. The third-order valence-corrected chi connectivity index (χ3v) is 3.27. The summed E-state index contributed by atoms with van der Waals surface area (Å²) in [5.74, 6) is -0.793. The van der Waals surface area contributed by atoms with Crippen molar-refractivity contribution in [3.05, 3.63) is 30.1 Å². The van der Waals surface area contributed by atoms with Gasteiger partial charge in [-0.2, -0.15) is 0 Å². The van der Waals surface area contributed by atoms with Crippen molar-refractivity contribution in [1.29, 1.82) is 0 Å². The zero-order valence-electron chi connectivity index (χ0n) is 9.34. The average molecular weight is 220 g/mol. The minimum Gasteiger partial charge on any atom is -0.481 e. The van der Waals surface area contributed by atoms with Crippen molar-refractivity contribution in [2.75, 3.05) is 7.05 Å². The van der Waals surface area contributed by atoms with Crippen LogP contribution >= 0.6 is 0 Å². The highest BCUT2D eigenvalue weighted by atomic mass is 16.4. The second-order valence-corrected chi connectivity index (χ2v) is 4.43. The summed E-state index contributed by atoms with van der Waals surface area (Å²) in [6.45, 7) is 0.861. The standard InChI is InChI=1S/C12H16N2O2/c1-14(8-9-2-4-13-5-3-9)11-6-10(7-11)12(15)16/h2-5,10-11H,6-8H2,1H3,(H,15,16). The summed E-state index contributed by atoms with van der Waals surface area (Å²) in [5, 5.41) is 8.80. The number of pyridine rings is 1. The van der Waals surface area contributed by atoms with Gasteiger partial charge in [0.2, 0.25) is 0 Å². The first-order valence-corrected chi connectivity index (χ1v) is 5.49. The molecule has 0 atom stereocenters. The predicted molar refractivity (Wildman–Crippen MR) is 59.9 cm³/mol. The van der Waals surface area contributed by atoms with Crippen LogP contribution in [0.25, 0.3) is 0 Å². The Bertz CT molecular complexity index is 361. The second kappa shape index (κ2) is 4.61. The Hall–Kier alpha value is -1.42. The quantitative estimate of drug-likeness (QED) is 0.832. The summed E-state index contributed by atoms with van der Waals surface area (Å²) in [6.07, 6.45) is 5.11. The summed E-state index contributed by atoms with van der Waals surface area (Å²) < 4.78 is 0. The molecule has 0 radical (unpaired) electrons. The van der Waals surface area contributed by atoms with E-state index in [0.29, 0.717) is 6.04 Å². The maximum atomic E-state index is 10.7. The molecule has 4 heteroatoms. The molecule has 0 aromatic carbocycles. The molecule has 1 aromatic heterocycles. The van der Waals surface area contributed by atoms with Gasteiger partial charge in [-0.25, -0.2) is 0 Å². The number of rotatable bonds is 4. The molecule has 1 saturated carbocycles. The van der Waals surface area contributed by atoms with Crippen LogP contribution < -0.4 is 0 Å². The Morgan fingerprint density at radius 1 is 1.50 bits per heavy atom. The van der Waals surface area contributed by atoms with Crippen molar-refractivity contribution in [3.63, 3.8) is 0 Å². The summed E-state index contributed by atoms with van der Waals surface area (Å²) in [6, 6.07) is 4.39.